The third-order valence-electron chi connectivity index (χ3n) is 1.62. The first kappa shape index (κ1) is 13.8. The summed E-state index contributed by atoms with van der Waals surface area (Å²) in [5.41, 5.74) is 0.342. The van der Waals surface area contributed by atoms with Crippen LogP contribution in [0.2, 0.25) is 0 Å². The van der Waals surface area contributed by atoms with Crippen LogP contribution in [-0.4, -0.2) is 17.4 Å². The highest BCUT2D eigenvalue weighted by molar-refractivity contribution is 14.1. The van der Waals surface area contributed by atoms with E-state index in [1.165, 1.54) is 18.2 Å². The quantitative estimate of drug-likeness (QED) is 0.667. The molecule has 1 N–H and O–H groups in total. The van der Waals surface area contributed by atoms with Crippen molar-refractivity contribution < 1.29 is 27.8 Å². The molecule has 0 unspecified atom stereocenters. The Morgan fingerprint density at radius 2 is 2.06 bits per heavy atom. The van der Waals surface area contributed by atoms with Gasteiger partial charge in [-0.25, -0.2) is 4.79 Å². The van der Waals surface area contributed by atoms with E-state index in [1.807, 2.05) is 0 Å². The first-order valence-electron chi connectivity index (χ1n) is 4.25. The van der Waals surface area contributed by atoms with Crippen molar-refractivity contribution in [3.05, 3.63) is 33.4 Å². The van der Waals surface area contributed by atoms with Gasteiger partial charge in [0.2, 0.25) is 0 Å². The number of alkyl halides is 3. The van der Waals surface area contributed by atoms with Crippen molar-refractivity contribution in [2.24, 2.45) is 0 Å². The number of benzene rings is 1. The highest BCUT2D eigenvalue weighted by atomic mass is 127. The average molecular weight is 358 g/mol. The minimum Gasteiger partial charge on any atom is -0.478 e. The number of carboxylic acids is 1. The number of ether oxygens (including phenoxy) is 1. The maximum atomic E-state index is 12.0. The summed E-state index contributed by atoms with van der Waals surface area (Å²) in [4.78, 5) is 10.3. The van der Waals surface area contributed by atoms with Gasteiger partial charge >= 0.3 is 12.3 Å². The van der Waals surface area contributed by atoms with Gasteiger partial charge in [-0.3, -0.25) is 0 Å². The van der Waals surface area contributed by atoms with Crippen LogP contribution in [0.1, 0.15) is 5.56 Å². The summed E-state index contributed by atoms with van der Waals surface area (Å²) in [6.07, 6.45) is -2.72. The van der Waals surface area contributed by atoms with Crippen molar-refractivity contribution >= 4 is 34.6 Å². The number of carboxylic acid groups (broad SMARTS) is 1. The zero-order valence-corrected chi connectivity index (χ0v) is 10.3. The Morgan fingerprint density at radius 3 is 2.59 bits per heavy atom. The van der Waals surface area contributed by atoms with Gasteiger partial charge in [0.15, 0.2) is 0 Å². The molecule has 17 heavy (non-hydrogen) atoms. The van der Waals surface area contributed by atoms with E-state index in [9.17, 15) is 18.0 Å². The van der Waals surface area contributed by atoms with Crippen molar-refractivity contribution in [2.45, 2.75) is 6.36 Å². The molecule has 0 amide bonds. The molecule has 1 aromatic rings. The summed E-state index contributed by atoms with van der Waals surface area (Å²) in [5, 5.41) is 8.42. The molecule has 0 fully saturated rings. The van der Waals surface area contributed by atoms with Crippen LogP contribution in [0.5, 0.6) is 5.75 Å². The fourth-order valence-electron chi connectivity index (χ4n) is 1.02. The molecule has 0 spiro atoms. The van der Waals surface area contributed by atoms with Gasteiger partial charge in [0.1, 0.15) is 5.75 Å². The number of rotatable bonds is 3. The van der Waals surface area contributed by atoms with Crippen molar-refractivity contribution in [3.63, 3.8) is 0 Å². The van der Waals surface area contributed by atoms with E-state index < -0.39 is 12.3 Å². The summed E-state index contributed by atoms with van der Waals surface area (Å²) in [5.74, 6) is -1.53. The van der Waals surface area contributed by atoms with Crippen molar-refractivity contribution in [2.75, 3.05) is 0 Å². The Morgan fingerprint density at radius 1 is 1.41 bits per heavy atom. The van der Waals surface area contributed by atoms with E-state index in [1.54, 1.807) is 22.6 Å². The Hall–Kier alpha value is -1.25. The smallest absolute Gasteiger partial charge is 0.478 e. The van der Waals surface area contributed by atoms with Gasteiger partial charge in [0.25, 0.3) is 0 Å². The molecule has 3 nitrogen and oxygen atoms in total. The molecule has 1 aromatic carbocycles. The molecule has 0 saturated carbocycles. The lowest BCUT2D eigenvalue weighted by Gasteiger charge is -2.11. The fraction of sp³-hybridized carbons (Fsp3) is 0.100. The SMILES string of the molecule is O=C(O)/C=C/c1cccc(OC(F)(F)F)c1I. The predicted octanol–water partition coefficient (Wildman–Crippen LogP) is 3.29. The molecule has 0 atom stereocenters. The van der Waals surface area contributed by atoms with E-state index in [-0.39, 0.29) is 9.32 Å². The second-order valence-electron chi connectivity index (χ2n) is 2.88. The van der Waals surface area contributed by atoms with Gasteiger partial charge in [-0.15, -0.1) is 13.2 Å². The zero-order valence-electron chi connectivity index (χ0n) is 8.16. The topological polar surface area (TPSA) is 46.5 Å². The van der Waals surface area contributed by atoms with Crippen LogP contribution in [0.15, 0.2) is 24.3 Å². The van der Waals surface area contributed by atoms with Crippen molar-refractivity contribution in [3.8, 4) is 5.75 Å². The minimum absolute atomic E-state index is 0.194. The maximum Gasteiger partial charge on any atom is 0.573 e. The van der Waals surface area contributed by atoms with Crippen LogP contribution >= 0.6 is 22.6 Å². The Bertz CT molecular complexity index is 455. The van der Waals surface area contributed by atoms with Gasteiger partial charge in [-0.2, -0.15) is 0 Å². The summed E-state index contributed by atoms with van der Waals surface area (Å²) in [6.45, 7) is 0. The molecular formula is C10H6F3IO3. The highest BCUT2D eigenvalue weighted by Gasteiger charge is 2.32. The van der Waals surface area contributed by atoms with Crippen LogP contribution in [0, 0.1) is 3.57 Å². The summed E-state index contributed by atoms with van der Waals surface area (Å²) in [7, 11) is 0. The van der Waals surface area contributed by atoms with E-state index in [2.05, 4.69) is 4.74 Å². The van der Waals surface area contributed by atoms with Crippen LogP contribution in [0.4, 0.5) is 13.2 Å². The molecule has 0 heterocycles. The number of hydrogen-bond donors (Lipinski definition) is 1. The molecule has 0 aliphatic rings. The molecule has 0 aliphatic carbocycles. The zero-order chi connectivity index (χ0) is 13.1. The molecule has 92 valence electrons. The molecule has 0 aliphatic heterocycles. The lowest BCUT2D eigenvalue weighted by Crippen LogP contribution is -2.17. The first-order valence-corrected chi connectivity index (χ1v) is 5.33. The second kappa shape index (κ2) is 5.39. The second-order valence-corrected chi connectivity index (χ2v) is 3.96. The number of aliphatic carboxylic acids is 1. The third-order valence-corrected chi connectivity index (χ3v) is 2.78. The van der Waals surface area contributed by atoms with Crippen molar-refractivity contribution in [1.29, 1.82) is 0 Å². The van der Waals surface area contributed by atoms with Crippen LogP contribution < -0.4 is 4.74 Å². The van der Waals surface area contributed by atoms with Crippen LogP contribution in [-0.2, 0) is 4.79 Å². The summed E-state index contributed by atoms with van der Waals surface area (Å²) in [6, 6.07) is 4.00. The number of hydrogen-bond acceptors (Lipinski definition) is 2. The molecule has 0 radical (unpaired) electrons. The summed E-state index contributed by atoms with van der Waals surface area (Å²) >= 11 is 1.66. The standard InChI is InChI=1S/C10H6F3IO3/c11-10(12,13)17-7-3-1-2-6(9(7)14)4-5-8(15)16/h1-5H,(H,15,16)/b5-4+. The highest BCUT2D eigenvalue weighted by Crippen LogP contribution is 2.30. The number of halogens is 4. The third kappa shape index (κ3) is 4.63. The summed E-state index contributed by atoms with van der Waals surface area (Å²) < 4.78 is 40.1. The van der Waals surface area contributed by atoms with E-state index in [0.717, 1.165) is 12.1 Å². The Labute approximate surface area is 108 Å². The molecular weight excluding hydrogens is 352 g/mol. The lowest BCUT2D eigenvalue weighted by molar-refractivity contribution is -0.274. The molecule has 0 saturated heterocycles. The van der Waals surface area contributed by atoms with Gasteiger partial charge in [0.05, 0.1) is 3.57 Å². The van der Waals surface area contributed by atoms with E-state index in [0.29, 0.717) is 5.56 Å². The molecule has 0 bridgehead atoms. The van der Waals surface area contributed by atoms with Crippen LogP contribution in [0.25, 0.3) is 6.08 Å². The molecule has 0 aromatic heterocycles. The van der Waals surface area contributed by atoms with Gasteiger partial charge in [0, 0.05) is 6.08 Å². The first-order chi connectivity index (χ1) is 7.79. The monoisotopic (exact) mass is 358 g/mol. The largest absolute Gasteiger partial charge is 0.573 e. The maximum absolute atomic E-state index is 12.0. The normalized spacial score (nSPS) is 11.8. The average Bonchev–Trinajstić information content (AvgIpc) is 2.17. The van der Waals surface area contributed by atoms with Gasteiger partial charge in [-0.05, 0) is 40.3 Å². The Balaban J connectivity index is 3.03. The van der Waals surface area contributed by atoms with Crippen LogP contribution in [0.3, 0.4) is 0 Å². The lowest BCUT2D eigenvalue weighted by atomic mass is 10.2. The minimum atomic E-state index is -4.77. The van der Waals surface area contributed by atoms with E-state index >= 15 is 0 Å². The van der Waals surface area contributed by atoms with E-state index in [4.69, 9.17) is 5.11 Å². The molecule has 1 rings (SSSR count). The molecule has 7 heteroatoms. The van der Waals surface area contributed by atoms with Crippen molar-refractivity contribution in [1.82, 2.24) is 0 Å². The van der Waals surface area contributed by atoms with Gasteiger partial charge < -0.3 is 9.84 Å². The van der Waals surface area contributed by atoms with Gasteiger partial charge in [-0.1, -0.05) is 12.1 Å². The number of carbonyl (C=O) groups is 1. The Kier molecular flexibility index (Phi) is 4.38. The fourth-order valence-corrected chi connectivity index (χ4v) is 1.67. The predicted molar refractivity (Wildman–Crippen MR) is 62.5 cm³/mol.